The van der Waals surface area contributed by atoms with E-state index in [9.17, 15) is 22.8 Å². The number of anilines is 1. The maximum absolute atomic E-state index is 13.5. The fraction of sp³-hybridized carbons (Fsp3) is 0.353. The zero-order chi connectivity index (χ0) is 19.4. The highest BCUT2D eigenvalue weighted by atomic mass is 19.2. The molecule has 0 saturated carbocycles. The number of benzene rings is 1. The predicted octanol–water partition coefficient (Wildman–Crippen LogP) is 3.21. The summed E-state index contributed by atoms with van der Waals surface area (Å²) in [5, 5.41) is 5.82. The quantitative estimate of drug-likeness (QED) is 0.624. The number of esters is 1. The number of aromatic nitrogens is 1. The summed E-state index contributed by atoms with van der Waals surface area (Å²) in [6.45, 7) is 4.73. The minimum absolute atomic E-state index is 0.0138. The van der Waals surface area contributed by atoms with Gasteiger partial charge in [0.1, 0.15) is 5.76 Å². The zero-order valence-electron chi connectivity index (χ0n) is 14.4. The topological polar surface area (TPSA) is 81.4 Å². The van der Waals surface area contributed by atoms with E-state index >= 15 is 0 Å². The molecule has 26 heavy (non-hydrogen) atoms. The normalized spacial score (nSPS) is 11.9. The van der Waals surface area contributed by atoms with Gasteiger partial charge in [-0.3, -0.25) is 9.59 Å². The standard InChI is InChI=1S/C17H17F3N2O4/c1-8-11(9(2)26-22-8)4-7-14(23)25-10(3)17(24)21-13-6-5-12(18)15(19)16(13)20/h5-6,10H,4,7H2,1-3H3,(H,21,24)/t10-/m1/s1. The van der Waals surface area contributed by atoms with Crippen LogP contribution in [0.2, 0.25) is 0 Å². The first-order chi connectivity index (χ1) is 12.2. The Hall–Kier alpha value is -2.84. The van der Waals surface area contributed by atoms with E-state index in [-0.39, 0.29) is 6.42 Å². The lowest BCUT2D eigenvalue weighted by Gasteiger charge is -2.14. The lowest BCUT2D eigenvalue weighted by Crippen LogP contribution is -2.30. The summed E-state index contributed by atoms with van der Waals surface area (Å²) < 4.78 is 49.5. The van der Waals surface area contributed by atoms with Gasteiger partial charge in [-0.25, -0.2) is 13.2 Å². The van der Waals surface area contributed by atoms with Crippen LogP contribution in [-0.4, -0.2) is 23.1 Å². The monoisotopic (exact) mass is 370 g/mol. The van der Waals surface area contributed by atoms with Crippen molar-refractivity contribution in [1.82, 2.24) is 5.16 Å². The molecule has 9 heteroatoms. The molecule has 6 nitrogen and oxygen atoms in total. The van der Waals surface area contributed by atoms with Crippen molar-refractivity contribution < 1.29 is 32.0 Å². The maximum atomic E-state index is 13.5. The number of ether oxygens (including phenoxy) is 1. The summed E-state index contributed by atoms with van der Waals surface area (Å²) in [5.74, 6) is -5.55. The minimum Gasteiger partial charge on any atom is -0.453 e. The molecule has 1 N–H and O–H groups in total. The van der Waals surface area contributed by atoms with Crippen molar-refractivity contribution >= 4 is 17.6 Å². The Morgan fingerprint density at radius 1 is 1.23 bits per heavy atom. The fourth-order valence-corrected chi connectivity index (χ4v) is 2.25. The number of halogens is 3. The lowest BCUT2D eigenvalue weighted by molar-refractivity contribution is -0.153. The van der Waals surface area contributed by atoms with Gasteiger partial charge < -0.3 is 14.6 Å². The molecule has 1 heterocycles. The van der Waals surface area contributed by atoms with Crippen LogP contribution in [0, 0.1) is 31.3 Å². The van der Waals surface area contributed by atoms with Crippen LogP contribution in [0.15, 0.2) is 16.7 Å². The van der Waals surface area contributed by atoms with Gasteiger partial charge in [0.2, 0.25) is 0 Å². The van der Waals surface area contributed by atoms with Crippen LogP contribution in [0.4, 0.5) is 18.9 Å². The van der Waals surface area contributed by atoms with E-state index in [1.165, 1.54) is 6.92 Å². The highest BCUT2D eigenvalue weighted by Crippen LogP contribution is 2.20. The number of hydrogen-bond donors (Lipinski definition) is 1. The van der Waals surface area contributed by atoms with E-state index in [0.29, 0.717) is 23.9 Å². The lowest BCUT2D eigenvalue weighted by atomic mass is 10.1. The molecule has 0 aliphatic rings. The second-order valence-electron chi connectivity index (χ2n) is 5.65. The van der Waals surface area contributed by atoms with Gasteiger partial charge in [0, 0.05) is 12.0 Å². The zero-order valence-corrected chi connectivity index (χ0v) is 14.4. The molecule has 0 spiro atoms. The van der Waals surface area contributed by atoms with Crippen LogP contribution >= 0.6 is 0 Å². The molecule has 0 saturated heterocycles. The summed E-state index contributed by atoms with van der Waals surface area (Å²) in [7, 11) is 0. The number of carbonyl (C=O) groups is 2. The molecule has 2 rings (SSSR count). The van der Waals surface area contributed by atoms with Gasteiger partial charge in [-0.1, -0.05) is 5.16 Å². The summed E-state index contributed by atoms with van der Waals surface area (Å²) >= 11 is 0. The van der Waals surface area contributed by atoms with E-state index in [1.807, 2.05) is 5.32 Å². The third-order valence-corrected chi connectivity index (χ3v) is 3.73. The molecule has 0 fully saturated rings. The van der Waals surface area contributed by atoms with Gasteiger partial charge in [-0.15, -0.1) is 0 Å². The Morgan fingerprint density at radius 2 is 1.92 bits per heavy atom. The Labute approximate surface area is 147 Å². The third-order valence-electron chi connectivity index (χ3n) is 3.73. The second-order valence-corrected chi connectivity index (χ2v) is 5.65. The SMILES string of the molecule is Cc1noc(C)c1CCC(=O)O[C@H](C)C(=O)Nc1ccc(F)c(F)c1F. The van der Waals surface area contributed by atoms with Crippen LogP contribution in [-0.2, 0) is 20.7 Å². The van der Waals surface area contributed by atoms with Crippen LogP contribution in [0.5, 0.6) is 0 Å². The molecule has 2 aromatic rings. The predicted molar refractivity (Wildman–Crippen MR) is 84.8 cm³/mol. The van der Waals surface area contributed by atoms with E-state index in [4.69, 9.17) is 9.26 Å². The molecule has 0 aliphatic carbocycles. The van der Waals surface area contributed by atoms with Gasteiger partial charge in [-0.05, 0) is 39.3 Å². The van der Waals surface area contributed by atoms with Gasteiger partial charge in [0.25, 0.3) is 5.91 Å². The van der Waals surface area contributed by atoms with Crippen molar-refractivity contribution in [3.8, 4) is 0 Å². The highest BCUT2D eigenvalue weighted by molar-refractivity contribution is 5.95. The number of carbonyl (C=O) groups excluding carboxylic acids is 2. The van der Waals surface area contributed by atoms with Crippen LogP contribution in [0.25, 0.3) is 0 Å². The van der Waals surface area contributed by atoms with Crippen LogP contribution in [0.1, 0.15) is 30.4 Å². The molecular weight excluding hydrogens is 353 g/mol. The van der Waals surface area contributed by atoms with Gasteiger partial charge in [-0.2, -0.15) is 0 Å². The van der Waals surface area contributed by atoms with Crippen molar-refractivity contribution in [1.29, 1.82) is 0 Å². The molecule has 0 bridgehead atoms. The van der Waals surface area contributed by atoms with Crippen molar-refractivity contribution in [2.45, 2.75) is 39.7 Å². The first-order valence-electron chi connectivity index (χ1n) is 7.76. The van der Waals surface area contributed by atoms with Crippen molar-refractivity contribution in [3.63, 3.8) is 0 Å². The Bertz CT molecular complexity index is 816. The van der Waals surface area contributed by atoms with E-state index in [0.717, 1.165) is 11.6 Å². The third kappa shape index (κ3) is 4.41. The highest BCUT2D eigenvalue weighted by Gasteiger charge is 2.21. The average molecular weight is 370 g/mol. The summed E-state index contributed by atoms with van der Waals surface area (Å²) in [6, 6.07) is 1.55. The van der Waals surface area contributed by atoms with Crippen molar-refractivity contribution in [3.05, 3.63) is 46.6 Å². The molecule has 0 unspecified atom stereocenters. The van der Waals surface area contributed by atoms with Gasteiger partial charge in [0.15, 0.2) is 23.6 Å². The van der Waals surface area contributed by atoms with E-state index < -0.39 is 41.1 Å². The molecule has 1 aromatic heterocycles. The molecule has 1 amide bonds. The number of amides is 1. The second kappa shape index (κ2) is 8.03. The Morgan fingerprint density at radius 3 is 2.54 bits per heavy atom. The largest absolute Gasteiger partial charge is 0.453 e. The van der Waals surface area contributed by atoms with Crippen LogP contribution in [0.3, 0.4) is 0 Å². The molecule has 1 aromatic carbocycles. The molecule has 140 valence electrons. The first kappa shape index (κ1) is 19.5. The Balaban J connectivity index is 1.90. The molecule has 1 atom stereocenters. The van der Waals surface area contributed by atoms with Gasteiger partial charge >= 0.3 is 5.97 Å². The maximum Gasteiger partial charge on any atom is 0.306 e. The molecular formula is C17H17F3N2O4. The van der Waals surface area contributed by atoms with E-state index in [1.54, 1.807) is 13.8 Å². The molecule has 0 radical (unpaired) electrons. The van der Waals surface area contributed by atoms with Crippen molar-refractivity contribution in [2.24, 2.45) is 0 Å². The van der Waals surface area contributed by atoms with E-state index in [2.05, 4.69) is 5.16 Å². The number of aryl methyl sites for hydroxylation is 2. The number of nitrogens with one attached hydrogen (secondary N) is 1. The summed E-state index contributed by atoms with van der Waals surface area (Å²) in [6.07, 6.45) is -0.939. The Kier molecular flexibility index (Phi) is 6.01. The number of rotatable bonds is 6. The average Bonchev–Trinajstić information content (AvgIpc) is 2.91. The smallest absolute Gasteiger partial charge is 0.306 e. The fourth-order valence-electron chi connectivity index (χ4n) is 2.25. The van der Waals surface area contributed by atoms with Crippen molar-refractivity contribution in [2.75, 3.05) is 5.32 Å². The minimum atomic E-state index is -1.70. The number of hydrogen-bond acceptors (Lipinski definition) is 5. The summed E-state index contributed by atoms with van der Waals surface area (Å²) in [5.41, 5.74) is 0.894. The first-order valence-corrected chi connectivity index (χ1v) is 7.76. The van der Waals surface area contributed by atoms with Gasteiger partial charge in [0.05, 0.1) is 11.4 Å². The summed E-state index contributed by atoms with van der Waals surface area (Å²) in [4.78, 5) is 23.8. The molecule has 0 aliphatic heterocycles. The van der Waals surface area contributed by atoms with Crippen LogP contribution < -0.4 is 5.32 Å². The number of nitrogens with zero attached hydrogens (tertiary/aromatic N) is 1.